The van der Waals surface area contributed by atoms with E-state index in [1.165, 1.54) is 0 Å². The zero-order valence-electron chi connectivity index (χ0n) is 9.44. The molecule has 0 radical (unpaired) electrons. The maximum Gasteiger partial charge on any atom is 0.321 e. The predicted molar refractivity (Wildman–Crippen MR) is 60.1 cm³/mol. The van der Waals surface area contributed by atoms with Crippen LogP contribution in [0, 0.1) is 0 Å². The maximum atomic E-state index is 10.1. The number of hydrogen-bond donors (Lipinski definition) is 5. The minimum atomic E-state index is -0.933. The van der Waals surface area contributed by atoms with E-state index in [1.807, 2.05) is 5.32 Å². The molecule has 3 amide bonds. The normalized spacial score (nSPS) is 15.4. The summed E-state index contributed by atoms with van der Waals surface area (Å²) < 4.78 is 0. The molecule has 8 heteroatoms. The van der Waals surface area contributed by atoms with E-state index in [-0.39, 0.29) is 12.5 Å². The molecule has 0 aromatic rings. The average molecular weight is 246 g/mol. The number of aliphatic carboxylic acids is 1. The molecular weight excluding hydrogens is 228 g/mol. The van der Waals surface area contributed by atoms with Crippen LogP contribution in [0.3, 0.4) is 0 Å². The molecule has 1 aliphatic heterocycles. The summed E-state index contributed by atoms with van der Waals surface area (Å²) in [6, 6.07) is -1.11. The lowest BCUT2D eigenvalue weighted by Gasteiger charge is -2.03. The van der Waals surface area contributed by atoms with E-state index in [0.29, 0.717) is 13.0 Å². The van der Waals surface area contributed by atoms with Gasteiger partial charge >= 0.3 is 12.0 Å². The fraction of sp³-hybridized carbons (Fsp3) is 0.667. The van der Waals surface area contributed by atoms with E-state index in [1.54, 1.807) is 0 Å². The summed E-state index contributed by atoms with van der Waals surface area (Å²) in [6.07, 6.45) is 2.16. The predicted octanol–water partition coefficient (Wildman–Crippen LogP) is -1.65. The van der Waals surface area contributed by atoms with Gasteiger partial charge in [0.2, 0.25) is 5.91 Å². The maximum absolute atomic E-state index is 10.1. The summed E-state index contributed by atoms with van der Waals surface area (Å²) in [6.45, 7) is 0.727. The van der Waals surface area contributed by atoms with Crippen molar-refractivity contribution in [3.63, 3.8) is 0 Å². The number of urea groups is 1. The van der Waals surface area contributed by atoms with Crippen LogP contribution in [0.15, 0.2) is 0 Å². The van der Waals surface area contributed by atoms with Gasteiger partial charge < -0.3 is 21.9 Å². The lowest BCUT2D eigenvalue weighted by Crippen LogP contribution is -2.29. The van der Waals surface area contributed by atoms with Gasteiger partial charge in [-0.1, -0.05) is 6.42 Å². The van der Waals surface area contributed by atoms with Gasteiger partial charge in [-0.15, -0.1) is 0 Å². The molecule has 8 nitrogen and oxygen atoms in total. The number of unbranched alkanes of at least 4 members (excludes halogenated alkanes) is 1. The molecule has 0 saturated carbocycles. The third-order valence-electron chi connectivity index (χ3n) is 1.95. The Morgan fingerprint density at radius 1 is 1.41 bits per heavy atom. The largest absolute Gasteiger partial charge is 0.480 e. The second-order valence-corrected chi connectivity index (χ2v) is 3.46. The molecule has 1 saturated heterocycles. The molecule has 1 rings (SSSR count). The molecule has 0 spiro atoms. The molecule has 17 heavy (non-hydrogen) atoms. The van der Waals surface area contributed by atoms with Gasteiger partial charge in [0.25, 0.3) is 0 Å². The highest BCUT2D eigenvalue weighted by molar-refractivity contribution is 6.01. The number of amides is 3. The van der Waals surface area contributed by atoms with E-state index in [9.17, 15) is 14.4 Å². The summed E-state index contributed by atoms with van der Waals surface area (Å²) >= 11 is 0. The highest BCUT2D eigenvalue weighted by atomic mass is 16.4. The minimum Gasteiger partial charge on any atom is -0.480 e. The number of nitrogens with two attached hydrogens (primary N) is 2. The number of hydrogen-bond acceptors (Lipinski definition) is 5. The molecule has 1 heterocycles. The van der Waals surface area contributed by atoms with Crippen molar-refractivity contribution in [2.45, 2.75) is 25.3 Å². The van der Waals surface area contributed by atoms with Crippen molar-refractivity contribution in [2.75, 3.05) is 13.1 Å². The van der Waals surface area contributed by atoms with Gasteiger partial charge in [0.15, 0.2) is 0 Å². The van der Waals surface area contributed by atoms with Crippen LogP contribution in [0.4, 0.5) is 4.79 Å². The summed E-state index contributed by atoms with van der Waals surface area (Å²) in [5.41, 5.74) is 10.4. The first-order valence-corrected chi connectivity index (χ1v) is 5.23. The first-order chi connectivity index (χ1) is 7.97. The van der Waals surface area contributed by atoms with Crippen molar-refractivity contribution >= 4 is 17.9 Å². The highest BCUT2D eigenvalue weighted by Crippen LogP contribution is 1.96. The van der Waals surface area contributed by atoms with Crippen molar-refractivity contribution < 1.29 is 19.5 Å². The van der Waals surface area contributed by atoms with Crippen LogP contribution in [0.5, 0.6) is 0 Å². The Morgan fingerprint density at radius 3 is 2.35 bits per heavy atom. The fourth-order valence-corrected chi connectivity index (χ4v) is 1.01. The standard InChI is InChI=1S/C6H14N2O2.C3H4N2O2/c7-4-2-1-3-5(8)6(9)10;6-2-1-4-3(7)5-2/h5H,1-4,7-8H2,(H,9,10);1H2,(H2,4,5,6,7)/t5-;/m0./s1. The Hall–Kier alpha value is -1.67. The zero-order chi connectivity index (χ0) is 13.3. The molecule has 0 unspecified atom stereocenters. The van der Waals surface area contributed by atoms with Crippen molar-refractivity contribution in [2.24, 2.45) is 11.5 Å². The van der Waals surface area contributed by atoms with Crippen molar-refractivity contribution in [1.29, 1.82) is 0 Å². The molecular formula is C9H18N4O4. The molecule has 98 valence electrons. The molecule has 1 atom stereocenters. The van der Waals surface area contributed by atoms with Crippen molar-refractivity contribution in [3.05, 3.63) is 0 Å². The minimum absolute atomic E-state index is 0.124. The number of carbonyl (C=O) groups excluding carboxylic acids is 2. The lowest BCUT2D eigenvalue weighted by molar-refractivity contribution is -0.138. The highest BCUT2D eigenvalue weighted by Gasteiger charge is 2.14. The second kappa shape index (κ2) is 8.48. The molecule has 0 bridgehead atoms. The number of carboxylic acid groups (broad SMARTS) is 1. The molecule has 1 fully saturated rings. The summed E-state index contributed by atoms with van der Waals surface area (Å²) in [5.74, 6) is -1.19. The quantitative estimate of drug-likeness (QED) is 0.290. The summed E-state index contributed by atoms with van der Waals surface area (Å²) in [4.78, 5) is 30.2. The molecule has 0 aromatic carbocycles. The number of nitrogens with one attached hydrogen (secondary N) is 2. The first kappa shape index (κ1) is 15.3. The van der Waals surface area contributed by atoms with Gasteiger partial charge in [0, 0.05) is 0 Å². The molecule has 0 aliphatic carbocycles. The van der Waals surface area contributed by atoms with E-state index in [0.717, 1.165) is 12.8 Å². The van der Waals surface area contributed by atoms with Crippen molar-refractivity contribution in [1.82, 2.24) is 10.6 Å². The smallest absolute Gasteiger partial charge is 0.321 e. The van der Waals surface area contributed by atoms with Gasteiger partial charge in [-0.05, 0) is 19.4 Å². The Kier molecular flexibility index (Phi) is 7.65. The van der Waals surface area contributed by atoms with E-state index < -0.39 is 18.0 Å². The van der Waals surface area contributed by atoms with Gasteiger partial charge in [0.1, 0.15) is 6.04 Å². The molecule has 1 aliphatic rings. The second-order valence-electron chi connectivity index (χ2n) is 3.46. The van der Waals surface area contributed by atoms with E-state index in [2.05, 4.69) is 5.32 Å². The Labute approximate surface area is 98.7 Å². The van der Waals surface area contributed by atoms with Crippen LogP contribution >= 0.6 is 0 Å². The Bertz CT molecular complexity index is 268. The van der Waals surface area contributed by atoms with Crippen molar-refractivity contribution in [3.8, 4) is 0 Å². The average Bonchev–Trinajstić information content (AvgIpc) is 2.63. The number of carboxylic acids is 1. The Morgan fingerprint density at radius 2 is 2.06 bits per heavy atom. The topological polar surface area (TPSA) is 148 Å². The van der Waals surface area contributed by atoms with Gasteiger partial charge in [0.05, 0.1) is 6.54 Å². The SMILES string of the molecule is NCCCC[C@H](N)C(=O)O.O=C1CNC(=O)N1. The van der Waals surface area contributed by atoms with Crippen LogP contribution < -0.4 is 22.1 Å². The monoisotopic (exact) mass is 246 g/mol. The lowest BCUT2D eigenvalue weighted by atomic mass is 10.1. The first-order valence-electron chi connectivity index (χ1n) is 5.23. The van der Waals surface area contributed by atoms with Crippen LogP contribution in [0.1, 0.15) is 19.3 Å². The van der Waals surface area contributed by atoms with Gasteiger partial charge in [-0.3, -0.25) is 14.9 Å². The Balaban J connectivity index is 0.000000318. The van der Waals surface area contributed by atoms with Gasteiger partial charge in [-0.2, -0.15) is 0 Å². The number of imide groups is 1. The fourth-order valence-electron chi connectivity index (χ4n) is 1.01. The van der Waals surface area contributed by atoms with Crippen LogP contribution in [-0.4, -0.2) is 42.1 Å². The van der Waals surface area contributed by atoms with Crippen LogP contribution in [-0.2, 0) is 9.59 Å². The summed E-state index contributed by atoms with van der Waals surface area (Å²) in [5, 5.41) is 12.6. The third-order valence-corrected chi connectivity index (χ3v) is 1.95. The van der Waals surface area contributed by atoms with E-state index >= 15 is 0 Å². The van der Waals surface area contributed by atoms with Gasteiger partial charge in [-0.25, -0.2) is 4.79 Å². The van der Waals surface area contributed by atoms with Crippen LogP contribution in [0.25, 0.3) is 0 Å². The number of rotatable bonds is 5. The van der Waals surface area contributed by atoms with E-state index in [4.69, 9.17) is 16.6 Å². The number of carbonyl (C=O) groups is 3. The molecule has 7 N–H and O–H groups in total. The zero-order valence-corrected chi connectivity index (χ0v) is 9.44. The third kappa shape index (κ3) is 8.17. The molecule has 0 aromatic heterocycles. The summed E-state index contributed by atoms with van der Waals surface area (Å²) in [7, 11) is 0. The van der Waals surface area contributed by atoms with Crippen LogP contribution in [0.2, 0.25) is 0 Å².